The lowest BCUT2D eigenvalue weighted by molar-refractivity contribution is -0.128. The smallest absolute Gasteiger partial charge is 0.224 e. The van der Waals surface area contributed by atoms with Gasteiger partial charge in [-0.15, -0.1) is 0 Å². The van der Waals surface area contributed by atoms with Crippen LogP contribution in [0.5, 0.6) is 0 Å². The van der Waals surface area contributed by atoms with E-state index in [1.807, 2.05) is 23.2 Å². The van der Waals surface area contributed by atoms with Crippen LogP contribution in [0.2, 0.25) is 0 Å². The van der Waals surface area contributed by atoms with Gasteiger partial charge in [0.25, 0.3) is 0 Å². The van der Waals surface area contributed by atoms with Crippen molar-refractivity contribution in [2.45, 2.75) is 17.8 Å². The monoisotopic (exact) mass is 293 g/mol. The van der Waals surface area contributed by atoms with Crippen LogP contribution >= 0.6 is 15.9 Å². The predicted octanol–water partition coefficient (Wildman–Crippen LogP) is 2.06. The van der Waals surface area contributed by atoms with Crippen molar-refractivity contribution >= 4 is 32.9 Å². The van der Waals surface area contributed by atoms with Crippen LogP contribution in [-0.4, -0.2) is 32.1 Å². The third kappa shape index (κ3) is 1.95. The highest BCUT2D eigenvalue weighted by Gasteiger charge is 2.27. The molecule has 0 aliphatic carbocycles. The van der Waals surface area contributed by atoms with Gasteiger partial charge in [-0.2, -0.15) is 0 Å². The molecule has 1 fully saturated rings. The van der Waals surface area contributed by atoms with Gasteiger partial charge in [0.2, 0.25) is 5.91 Å². The number of pyridine rings is 1. The summed E-state index contributed by atoms with van der Waals surface area (Å²) in [7, 11) is 0. The Hall–Kier alpha value is -1.36. The molecule has 1 saturated heterocycles. The summed E-state index contributed by atoms with van der Waals surface area (Å²) in [6.45, 7) is 1.44. The normalized spacial score (nSPS) is 20.4. The second-order valence-corrected chi connectivity index (χ2v) is 5.58. The van der Waals surface area contributed by atoms with Crippen molar-refractivity contribution in [3.05, 3.63) is 30.1 Å². The molecule has 17 heavy (non-hydrogen) atoms. The molecule has 1 aliphatic rings. The molecule has 1 N–H and O–H groups in total. The van der Waals surface area contributed by atoms with E-state index in [9.17, 15) is 4.79 Å². The second kappa shape index (κ2) is 4.14. The molecule has 1 aliphatic heterocycles. The molecule has 88 valence electrons. The molecule has 2 aromatic rings. The number of amides is 1. The summed E-state index contributed by atoms with van der Waals surface area (Å²) >= 11 is 3.49. The van der Waals surface area contributed by atoms with Gasteiger partial charge in [0, 0.05) is 42.1 Å². The minimum absolute atomic E-state index is 0.213. The molecule has 1 unspecified atom stereocenters. The van der Waals surface area contributed by atoms with E-state index >= 15 is 0 Å². The van der Waals surface area contributed by atoms with Crippen LogP contribution in [0.3, 0.4) is 0 Å². The van der Waals surface area contributed by atoms with Crippen LogP contribution in [0.1, 0.15) is 12.0 Å². The Labute approximate surface area is 107 Å². The quantitative estimate of drug-likeness (QED) is 0.862. The molecule has 1 amide bonds. The summed E-state index contributed by atoms with van der Waals surface area (Å²) in [5, 5.41) is 1.10. The van der Waals surface area contributed by atoms with Gasteiger partial charge in [-0.1, -0.05) is 15.9 Å². The first kappa shape index (κ1) is 10.8. The first-order chi connectivity index (χ1) is 8.24. The van der Waals surface area contributed by atoms with Gasteiger partial charge in [-0.05, 0) is 17.7 Å². The van der Waals surface area contributed by atoms with Crippen molar-refractivity contribution < 1.29 is 4.79 Å². The van der Waals surface area contributed by atoms with Crippen LogP contribution < -0.4 is 0 Å². The fraction of sp³-hybridized carbons (Fsp3) is 0.333. The Bertz CT molecular complexity index is 566. The van der Waals surface area contributed by atoms with E-state index in [-0.39, 0.29) is 5.91 Å². The number of halogens is 1. The molecule has 0 aromatic carbocycles. The van der Waals surface area contributed by atoms with Crippen molar-refractivity contribution in [1.29, 1.82) is 0 Å². The lowest BCUT2D eigenvalue weighted by Gasteiger charge is -2.14. The number of likely N-dealkylation sites (tertiary alicyclic amines) is 1. The number of fused-ring (bicyclic) bond motifs is 1. The molecule has 3 rings (SSSR count). The lowest BCUT2D eigenvalue weighted by atomic mass is 10.2. The molecule has 0 radical (unpaired) electrons. The standard InChI is InChI=1S/C12H12BrN3O/c13-9-4-11(17)16(7-9)6-8-5-15-12-10(8)2-1-3-14-12/h1-3,5,9H,4,6-7H2,(H,14,15). The largest absolute Gasteiger partial charge is 0.346 e. The third-order valence-electron chi connectivity index (χ3n) is 3.07. The molecular formula is C12H12BrN3O. The Morgan fingerprint density at radius 3 is 3.24 bits per heavy atom. The molecule has 4 nitrogen and oxygen atoms in total. The molecular weight excluding hydrogens is 282 g/mol. The van der Waals surface area contributed by atoms with Crippen LogP contribution in [0.4, 0.5) is 0 Å². The highest BCUT2D eigenvalue weighted by molar-refractivity contribution is 9.09. The summed E-state index contributed by atoms with van der Waals surface area (Å²) in [6.07, 6.45) is 4.30. The highest BCUT2D eigenvalue weighted by Crippen LogP contribution is 2.23. The molecule has 1 atom stereocenters. The molecule has 5 heteroatoms. The first-order valence-corrected chi connectivity index (χ1v) is 6.48. The summed E-state index contributed by atoms with van der Waals surface area (Å²) in [5.74, 6) is 0.213. The Morgan fingerprint density at radius 2 is 2.47 bits per heavy atom. The fourth-order valence-corrected chi connectivity index (χ4v) is 2.85. The lowest BCUT2D eigenvalue weighted by Crippen LogP contribution is -2.24. The zero-order chi connectivity index (χ0) is 11.8. The number of nitrogens with one attached hydrogen (secondary N) is 1. The number of aromatic amines is 1. The van der Waals surface area contributed by atoms with Crippen molar-refractivity contribution in [2.75, 3.05) is 6.54 Å². The number of hydrogen-bond acceptors (Lipinski definition) is 2. The minimum atomic E-state index is 0.213. The average Bonchev–Trinajstić information content (AvgIpc) is 2.85. The van der Waals surface area contributed by atoms with Crippen molar-refractivity contribution in [2.24, 2.45) is 0 Å². The van der Waals surface area contributed by atoms with Gasteiger partial charge in [0.05, 0.1) is 0 Å². The zero-order valence-corrected chi connectivity index (χ0v) is 10.8. The van der Waals surface area contributed by atoms with E-state index in [0.717, 1.165) is 23.1 Å². The number of aromatic nitrogens is 2. The van der Waals surface area contributed by atoms with Crippen LogP contribution in [0.15, 0.2) is 24.5 Å². The number of hydrogen-bond donors (Lipinski definition) is 1. The summed E-state index contributed by atoms with van der Waals surface area (Å²) in [4.78, 5) is 21.3. The van der Waals surface area contributed by atoms with Gasteiger partial charge in [-0.3, -0.25) is 4.79 Å². The SMILES string of the molecule is O=C1CC(Br)CN1Cc1c[nH]c2ncccc12. The number of carbonyl (C=O) groups excluding carboxylic acids is 1. The minimum Gasteiger partial charge on any atom is -0.346 e. The van der Waals surface area contributed by atoms with Gasteiger partial charge < -0.3 is 9.88 Å². The maximum atomic E-state index is 11.7. The van der Waals surface area contributed by atoms with Crippen molar-refractivity contribution in [3.8, 4) is 0 Å². The van der Waals surface area contributed by atoms with E-state index in [1.165, 1.54) is 0 Å². The Morgan fingerprint density at radius 1 is 1.59 bits per heavy atom. The van der Waals surface area contributed by atoms with Gasteiger partial charge in [0.15, 0.2) is 0 Å². The number of rotatable bonds is 2. The van der Waals surface area contributed by atoms with Gasteiger partial charge in [0.1, 0.15) is 5.65 Å². The van der Waals surface area contributed by atoms with E-state index in [2.05, 4.69) is 25.9 Å². The summed E-state index contributed by atoms with van der Waals surface area (Å²) in [5.41, 5.74) is 2.01. The van der Waals surface area contributed by atoms with Gasteiger partial charge >= 0.3 is 0 Å². The zero-order valence-electron chi connectivity index (χ0n) is 9.19. The maximum Gasteiger partial charge on any atom is 0.224 e. The average molecular weight is 294 g/mol. The fourth-order valence-electron chi connectivity index (χ4n) is 2.23. The first-order valence-electron chi connectivity index (χ1n) is 5.57. The predicted molar refractivity (Wildman–Crippen MR) is 68.8 cm³/mol. The Balaban J connectivity index is 1.88. The van der Waals surface area contributed by atoms with Gasteiger partial charge in [-0.25, -0.2) is 4.98 Å². The van der Waals surface area contributed by atoms with Crippen LogP contribution in [0, 0.1) is 0 Å². The van der Waals surface area contributed by atoms with Crippen LogP contribution in [-0.2, 0) is 11.3 Å². The molecule has 2 aromatic heterocycles. The van der Waals surface area contributed by atoms with Crippen molar-refractivity contribution in [3.63, 3.8) is 0 Å². The second-order valence-electron chi connectivity index (χ2n) is 4.29. The third-order valence-corrected chi connectivity index (χ3v) is 3.68. The molecule has 3 heterocycles. The number of H-pyrrole nitrogens is 1. The number of carbonyl (C=O) groups is 1. The maximum absolute atomic E-state index is 11.7. The van der Waals surface area contributed by atoms with E-state index in [1.54, 1.807) is 6.20 Å². The van der Waals surface area contributed by atoms with E-state index in [0.29, 0.717) is 17.8 Å². The number of nitrogens with zero attached hydrogens (tertiary/aromatic N) is 2. The van der Waals surface area contributed by atoms with E-state index < -0.39 is 0 Å². The topological polar surface area (TPSA) is 49.0 Å². The molecule has 0 saturated carbocycles. The molecule has 0 bridgehead atoms. The summed E-state index contributed by atoms with van der Waals surface area (Å²) in [6, 6.07) is 3.94. The molecule has 0 spiro atoms. The number of alkyl halides is 1. The van der Waals surface area contributed by atoms with E-state index in [4.69, 9.17) is 0 Å². The van der Waals surface area contributed by atoms with Crippen LogP contribution in [0.25, 0.3) is 11.0 Å². The Kier molecular flexibility index (Phi) is 2.63. The summed E-state index contributed by atoms with van der Waals surface area (Å²) < 4.78 is 0. The van der Waals surface area contributed by atoms with Crippen molar-refractivity contribution in [1.82, 2.24) is 14.9 Å². The highest BCUT2D eigenvalue weighted by atomic mass is 79.9.